The molecule has 0 bridgehead atoms. The highest BCUT2D eigenvalue weighted by Gasteiger charge is 2.31. The van der Waals surface area contributed by atoms with Gasteiger partial charge in [0.1, 0.15) is 19.3 Å². The lowest BCUT2D eigenvalue weighted by Crippen LogP contribution is -2.30. The minimum atomic E-state index is -4.97. The summed E-state index contributed by atoms with van der Waals surface area (Å²) in [5, 5.41) is 10.7. The Morgan fingerprint density at radius 1 is 0.231 bits per heavy atom. The fourth-order valence-corrected chi connectivity index (χ4v) is 15.4. The van der Waals surface area contributed by atoms with Gasteiger partial charge in [0.15, 0.2) is 12.2 Å². The number of aliphatic hydroxyl groups is 1. The second-order valence-corrected chi connectivity index (χ2v) is 36.8. The minimum absolute atomic E-state index is 0.107. The first-order valence-electron chi connectivity index (χ1n) is 45.7. The van der Waals surface area contributed by atoms with E-state index in [1.54, 1.807) is 0 Å². The molecule has 0 aliphatic heterocycles. The minimum Gasteiger partial charge on any atom is -0.462 e. The van der Waals surface area contributed by atoms with Crippen LogP contribution >= 0.6 is 15.6 Å². The Hall–Kier alpha value is -1.94. The van der Waals surface area contributed by atoms with Crippen molar-refractivity contribution in [1.29, 1.82) is 0 Å². The van der Waals surface area contributed by atoms with E-state index in [1.807, 2.05) is 0 Å². The Bertz CT molecular complexity index is 2090. The van der Waals surface area contributed by atoms with Gasteiger partial charge in [-0.25, -0.2) is 9.13 Å². The Kier molecular flexibility index (Phi) is 76.2. The number of rotatable bonds is 86. The second-order valence-electron chi connectivity index (χ2n) is 33.9. The average molecular weight is 1580 g/mol. The summed E-state index contributed by atoms with van der Waals surface area (Å²) in [7, 11) is -9.93. The number of hydrogen-bond acceptors (Lipinski definition) is 15. The van der Waals surface area contributed by atoms with E-state index in [1.165, 1.54) is 263 Å². The smallest absolute Gasteiger partial charge is 0.462 e. The van der Waals surface area contributed by atoms with Crippen molar-refractivity contribution in [2.24, 2.45) is 23.7 Å². The molecular weight excluding hydrogens is 1400 g/mol. The lowest BCUT2D eigenvalue weighted by Gasteiger charge is -2.21. The molecule has 0 radical (unpaired) electrons. The third-order valence-electron chi connectivity index (χ3n) is 20.8. The summed E-state index contributed by atoms with van der Waals surface area (Å²) in [6.07, 6.45) is 68.2. The lowest BCUT2D eigenvalue weighted by molar-refractivity contribution is -0.161. The standard InChI is InChI=1S/C89H174O17P2/c1-79(2)65-57-49-41-34-28-22-17-13-9-11-15-19-25-32-38-46-55-63-71-88(93)105-84(75-99-86(91)69-61-53-45-37-31-27-21-24-30-36-43-51-59-67-81(5)6)77-103-107(95,96)101-73-83(90)74-102-108(97,98)104-78-85(76-100-87(92)70-62-54-48-40-44-52-60-68-82(7)8)106-89(94)72-64-56-47-39-33-26-20-16-12-10-14-18-23-29-35-42-50-58-66-80(3)4/h79-85,90H,9-78H2,1-8H3,(H,95,96)(H,97,98)/t83?,84-,85-/m1/s1. The molecule has 0 saturated carbocycles. The Labute approximate surface area is 664 Å². The summed E-state index contributed by atoms with van der Waals surface area (Å²) in [4.78, 5) is 73.3. The molecule has 0 aromatic carbocycles. The zero-order valence-electron chi connectivity index (χ0n) is 71.5. The van der Waals surface area contributed by atoms with Gasteiger partial charge in [0.2, 0.25) is 0 Å². The van der Waals surface area contributed by atoms with E-state index in [2.05, 4.69) is 55.4 Å². The van der Waals surface area contributed by atoms with Gasteiger partial charge in [-0.1, -0.05) is 415 Å². The second kappa shape index (κ2) is 77.6. The van der Waals surface area contributed by atoms with E-state index in [0.717, 1.165) is 114 Å². The molecule has 108 heavy (non-hydrogen) atoms. The van der Waals surface area contributed by atoms with Crippen LogP contribution in [0.4, 0.5) is 0 Å². The number of aliphatic hydroxyl groups excluding tert-OH is 1. The fraction of sp³-hybridized carbons (Fsp3) is 0.955. The van der Waals surface area contributed by atoms with Crippen LogP contribution < -0.4 is 0 Å². The van der Waals surface area contributed by atoms with Crippen molar-refractivity contribution in [2.75, 3.05) is 39.6 Å². The molecule has 0 aliphatic carbocycles. The molecule has 3 N–H and O–H groups in total. The van der Waals surface area contributed by atoms with E-state index in [0.29, 0.717) is 31.6 Å². The highest BCUT2D eigenvalue weighted by molar-refractivity contribution is 7.47. The van der Waals surface area contributed by atoms with Crippen LogP contribution in [0.1, 0.15) is 466 Å². The highest BCUT2D eigenvalue weighted by Crippen LogP contribution is 2.45. The van der Waals surface area contributed by atoms with Crippen LogP contribution in [0.2, 0.25) is 0 Å². The Morgan fingerprint density at radius 3 is 0.574 bits per heavy atom. The number of unbranched alkanes of at least 4 members (excludes halogenated alkanes) is 52. The summed E-state index contributed by atoms with van der Waals surface area (Å²) in [6.45, 7) is 14.3. The molecule has 0 heterocycles. The van der Waals surface area contributed by atoms with Gasteiger partial charge in [0.05, 0.1) is 26.4 Å². The summed E-state index contributed by atoms with van der Waals surface area (Å²) in [5.41, 5.74) is 0. The van der Waals surface area contributed by atoms with Crippen LogP contribution in [0.5, 0.6) is 0 Å². The predicted octanol–water partition coefficient (Wildman–Crippen LogP) is 27.1. The van der Waals surface area contributed by atoms with Crippen molar-refractivity contribution in [3.8, 4) is 0 Å². The Balaban J connectivity index is 5.21. The summed E-state index contributed by atoms with van der Waals surface area (Å²) in [5.74, 6) is 1.03. The van der Waals surface area contributed by atoms with E-state index in [-0.39, 0.29) is 25.7 Å². The maximum Gasteiger partial charge on any atom is 0.472 e. The zero-order chi connectivity index (χ0) is 79.5. The molecule has 0 amide bonds. The van der Waals surface area contributed by atoms with Gasteiger partial charge in [0.25, 0.3) is 0 Å². The molecule has 0 spiro atoms. The molecule has 19 heteroatoms. The van der Waals surface area contributed by atoms with Gasteiger partial charge in [-0.15, -0.1) is 0 Å². The van der Waals surface area contributed by atoms with Gasteiger partial charge in [-0.2, -0.15) is 0 Å². The topological polar surface area (TPSA) is 237 Å². The number of carbonyl (C=O) groups excluding carboxylic acids is 4. The molecule has 17 nitrogen and oxygen atoms in total. The van der Waals surface area contributed by atoms with Crippen molar-refractivity contribution >= 4 is 39.5 Å². The quantitative estimate of drug-likeness (QED) is 0.0222. The number of hydrogen-bond donors (Lipinski definition) is 3. The molecule has 0 saturated heterocycles. The van der Waals surface area contributed by atoms with Crippen molar-refractivity contribution in [1.82, 2.24) is 0 Å². The van der Waals surface area contributed by atoms with Crippen LogP contribution in [0, 0.1) is 23.7 Å². The molecule has 0 aliphatic rings. The van der Waals surface area contributed by atoms with Gasteiger partial charge in [-0.3, -0.25) is 37.3 Å². The van der Waals surface area contributed by atoms with Gasteiger partial charge in [0, 0.05) is 25.7 Å². The van der Waals surface area contributed by atoms with Gasteiger partial charge in [-0.05, 0) is 49.4 Å². The lowest BCUT2D eigenvalue weighted by atomic mass is 10.0. The number of carbonyl (C=O) groups is 4. The maximum atomic E-state index is 13.2. The summed E-state index contributed by atoms with van der Waals surface area (Å²) >= 11 is 0. The largest absolute Gasteiger partial charge is 0.472 e. The van der Waals surface area contributed by atoms with Crippen molar-refractivity contribution in [3.63, 3.8) is 0 Å². The summed E-state index contributed by atoms with van der Waals surface area (Å²) < 4.78 is 69.0. The number of phosphoric acid groups is 2. The van der Waals surface area contributed by atoms with Crippen LogP contribution in [0.15, 0.2) is 0 Å². The maximum absolute atomic E-state index is 13.2. The predicted molar refractivity (Wildman–Crippen MR) is 446 cm³/mol. The molecule has 3 unspecified atom stereocenters. The molecule has 0 fully saturated rings. The van der Waals surface area contributed by atoms with Crippen LogP contribution in [-0.4, -0.2) is 96.7 Å². The van der Waals surface area contributed by atoms with Crippen LogP contribution in [-0.2, 0) is 65.4 Å². The van der Waals surface area contributed by atoms with E-state index in [9.17, 15) is 43.2 Å². The Morgan fingerprint density at radius 2 is 0.389 bits per heavy atom. The van der Waals surface area contributed by atoms with Crippen LogP contribution in [0.25, 0.3) is 0 Å². The molecule has 0 aromatic rings. The third kappa shape index (κ3) is 82.1. The third-order valence-corrected chi connectivity index (χ3v) is 22.7. The normalized spacial score (nSPS) is 13.9. The molecule has 0 aromatic heterocycles. The van der Waals surface area contributed by atoms with E-state index in [4.69, 9.17) is 37.0 Å². The average Bonchev–Trinajstić information content (AvgIpc) is 0.900. The first-order chi connectivity index (χ1) is 52.1. The number of phosphoric ester groups is 2. The first-order valence-corrected chi connectivity index (χ1v) is 48.7. The van der Waals surface area contributed by atoms with Gasteiger partial charge < -0.3 is 33.8 Å². The first kappa shape index (κ1) is 106. The molecule has 5 atom stereocenters. The monoisotopic (exact) mass is 1580 g/mol. The zero-order valence-corrected chi connectivity index (χ0v) is 73.3. The van der Waals surface area contributed by atoms with E-state index < -0.39 is 97.5 Å². The molecule has 642 valence electrons. The highest BCUT2D eigenvalue weighted by atomic mass is 31.2. The fourth-order valence-electron chi connectivity index (χ4n) is 13.8. The van der Waals surface area contributed by atoms with Crippen molar-refractivity contribution < 1.29 is 80.2 Å². The van der Waals surface area contributed by atoms with E-state index >= 15 is 0 Å². The molecular formula is C89H174O17P2. The number of esters is 4. The van der Waals surface area contributed by atoms with Crippen molar-refractivity contribution in [3.05, 3.63) is 0 Å². The summed E-state index contributed by atoms with van der Waals surface area (Å²) in [6, 6.07) is 0. The van der Waals surface area contributed by atoms with Crippen molar-refractivity contribution in [2.45, 2.75) is 485 Å². The molecule has 0 rings (SSSR count). The van der Waals surface area contributed by atoms with Gasteiger partial charge >= 0.3 is 39.5 Å². The number of ether oxygens (including phenoxy) is 4. The SMILES string of the molecule is CC(C)CCCCCCCCCCCCCCCCCCCCC(=O)O[C@H](COC(=O)CCCCCCCCCCCCCCCC(C)C)COP(=O)(O)OCC(O)COP(=O)(O)OC[C@@H](COC(=O)CCCCCCCCCC(C)C)OC(=O)CCCCCCCCCCCCCCCCCCCCC(C)C. The van der Waals surface area contributed by atoms with Crippen LogP contribution in [0.3, 0.4) is 0 Å².